The van der Waals surface area contributed by atoms with Gasteiger partial charge in [0.15, 0.2) is 5.96 Å². The number of likely N-dealkylation sites (tertiary alicyclic amines) is 1. The van der Waals surface area contributed by atoms with Crippen molar-refractivity contribution in [2.75, 3.05) is 19.6 Å². The summed E-state index contributed by atoms with van der Waals surface area (Å²) in [6, 6.07) is 12.8. The van der Waals surface area contributed by atoms with E-state index >= 15 is 0 Å². The van der Waals surface area contributed by atoms with Crippen LogP contribution in [0.2, 0.25) is 0 Å². The quantitative estimate of drug-likeness (QED) is 0.352. The lowest BCUT2D eigenvalue weighted by Gasteiger charge is -2.36. The van der Waals surface area contributed by atoms with Crippen molar-refractivity contribution in [3.63, 3.8) is 0 Å². The molecule has 8 heteroatoms. The van der Waals surface area contributed by atoms with E-state index < -0.39 is 11.7 Å². The largest absolute Gasteiger partial charge is 0.489 e. The predicted octanol–water partition coefficient (Wildman–Crippen LogP) is 5.08. The molecule has 0 spiro atoms. The number of hydrogen-bond donors (Lipinski definition) is 2. The highest BCUT2D eigenvalue weighted by Crippen LogP contribution is 2.29. The van der Waals surface area contributed by atoms with Crippen molar-refractivity contribution in [1.29, 1.82) is 0 Å². The summed E-state index contributed by atoms with van der Waals surface area (Å²) in [6.45, 7) is 4.78. The van der Waals surface area contributed by atoms with Gasteiger partial charge in [0.2, 0.25) is 0 Å². The highest BCUT2D eigenvalue weighted by atomic mass is 19.4. The first-order chi connectivity index (χ1) is 15.4. The Kier molecular flexibility index (Phi) is 8.39. The van der Waals surface area contributed by atoms with E-state index in [4.69, 9.17) is 15.5 Å². The van der Waals surface area contributed by atoms with Gasteiger partial charge in [-0.3, -0.25) is 0 Å². The minimum atomic E-state index is -4.33. The third kappa shape index (κ3) is 6.88. The Labute approximate surface area is 187 Å². The number of alkyl halides is 3. The molecule has 0 radical (unpaired) electrons. The number of rotatable bonds is 7. The van der Waals surface area contributed by atoms with E-state index in [1.165, 1.54) is 18.6 Å². The number of aliphatic imine (C=N–C) groups is 1. The van der Waals surface area contributed by atoms with Crippen LogP contribution in [0.5, 0.6) is 5.75 Å². The SMILES string of the molecule is CC1CCCCN1/C(=N/c1ccc(OCc2ccc(C(F)(F)F)cc2)cc1)NCCCN. The summed E-state index contributed by atoms with van der Waals surface area (Å²) in [4.78, 5) is 7.14. The van der Waals surface area contributed by atoms with E-state index in [1.54, 1.807) is 0 Å². The van der Waals surface area contributed by atoms with Crippen LogP contribution in [-0.4, -0.2) is 36.5 Å². The van der Waals surface area contributed by atoms with Crippen LogP contribution >= 0.6 is 0 Å². The van der Waals surface area contributed by atoms with Crippen LogP contribution in [0.3, 0.4) is 0 Å². The number of nitrogens with one attached hydrogen (secondary N) is 1. The maximum absolute atomic E-state index is 12.7. The fourth-order valence-corrected chi connectivity index (χ4v) is 3.62. The van der Waals surface area contributed by atoms with Crippen LogP contribution in [0, 0.1) is 0 Å². The summed E-state index contributed by atoms with van der Waals surface area (Å²) in [5, 5.41) is 3.43. The normalized spacial score (nSPS) is 17.3. The topological polar surface area (TPSA) is 62.9 Å². The van der Waals surface area contributed by atoms with E-state index in [1.807, 2.05) is 24.3 Å². The summed E-state index contributed by atoms with van der Waals surface area (Å²) in [5.74, 6) is 1.50. The smallest absolute Gasteiger partial charge is 0.416 e. The number of guanidine groups is 1. The number of nitrogens with zero attached hydrogens (tertiary/aromatic N) is 2. The Morgan fingerprint density at radius 3 is 2.47 bits per heavy atom. The molecule has 3 rings (SSSR count). The fraction of sp³-hybridized carbons (Fsp3) is 0.458. The second-order valence-electron chi connectivity index (χ2n) is 8.02. The van der Waals surface area contributed by atoms with Gasteiger partial charge in [-0.1, -0.05) is 12.1 Å². The van der Waals surface area contributed by atoms with Crippen LogP contribution in [0.25, 0.3) is 0 Å². The Hall–Kier alpha value is -2.74. The summed E-state index contributed by atoms with van der Waals surface area (Å²) in [5.41, 5.74) is 6.44. The van der Waals surface area contributed by atoms with Gasteiger partial charge in [-0.15, -0.1) is 0 Å². The zero-order valence-corrected chi connectivity index (χ0v) is 18.4. The Balaban J connectivity index is 1.63. The fourth-order valence-electron chi connectivity index (χ4n) is 3.62. The second kappa shape index (κ2) is 11.2. The molecule has 0 saturated carbocycles. The molecule has 1 aliphatic heterocycles. The molecule has 1 heterocycles. The molecule has 1 aliphatic rings. The van der Waals surface area contributed by atoms with Crippen LogP contribution in [0.1, 0.15) is 43.7 Å². The summed E-state index contributed by atoms with van der Waals surface area (Å²) in [6.07, 6.45) is 0.0728. The van der Waals surface area contributed by atoms with E-state index in [9.17, 15) is 13.2 Å². The predicted molar refractivity (Wildman–Crippen MR) is 121 cm³/mol. The molecule has 0 aliphatic carbocycles. The van der Waals surface area contributed by atoms with Gasteiger partial charge in [0.05, 0.1) is 11.3 Å². The molecule has 5 nitrogen and oxygen atoms in total. The molecule has 1 saturated heterocycles. The standard InChI is InChI=1S/C24H31F3N4O/c1-18-5-2-3-16-31(18)23(29-15-4-14-28)30-21-10-12-22(13-11-21)32-17-19-6-8-20(9-7-19)24(25,26)27/h6-13,18H,2-5,14-17,28H2,1H3,(H,29,30). The number of nitrogens with two attached hydrogens (primary N) is 1. The van der Waals surface area contributed by atoms with Crippen LogP contribution in [-0.2, 0) is 12.8 Å². The van der Waals surface area contributed by atoms with Gasteiger partial charge in [0.1, 0.15) is 12.4 Å². The van der Waals surface area contributed by atoms with E-state index in [0.29, 0.717) is 23.9 Å². The highest BCUT2D eigenvalue weighted by Gasteiger charge is 2.29. The van der Waals surface area contributed by atoms with Gasteiger partial charge in [-0.25, -0.2) is 4.99 Å². The Morgan fingerprint density at radius 2 is 1.84 bits per heavy atom. The van der Waals surface area contributed by atoms with Crippen molar-refractivity contribution >= 4 is 11.6 Å². The molecule has 0 bridgehead atoms. The number of benzene rings is 2. The van der Waals surface area contributed by atoms with Crippen LogP contribution < -0.4 is 15.8 Å². The van der Waals surface area contributed by atoms with Crippen molar-refractivity contribution in [2.24, 2.45) is 10.7 Å². The molecular weight excluding hydrogens is 417 g/mol. The molecule has 2 aromatic carbocycles. The maximum atomic E-state index is 12.7. The Bertz CT molecular complexity index is 866. The molecule has 0 amide bonds. The molecule has 0 aromatic heterocycles. The number of piperidine rings is 1. The molecule has 1 atom stereocenters. The number of halogens is 3. The third-order valence-corrected chi connectivity index (χ3v) is 5.50. The molecule has 1 unspecified atom stereocenters. The maximum Gasteiger partial charge on any atom is 0.416 e. The lowest BCUT2D eigenvalue weighted by Crippen LogP contribution is -2.48. The number of hydrogen-bond acceptors (Lipinski definition) is 3. The molecule has 174 valence electrons. The first kappa shape index (κ1) is 23.9. The Morgan fingerprint density at radius 1 is 1.12 bits per heavy atom. The van der Waals surface area contributed by atoms with E-state index in [2.05, 4.69) is 17.1 Å². The van der Waals surface area contributed by atoms with Gasteiger partial charge < -0.3 is 20.7 Å². The van der Waals surface area contributed by atoms with Crippen molar-refractivity contribution in [1.82, 2.24) is 10.2 Å². The second-order valence-corrected chi connectivity index (χ2v) is 8.02. The zero-order chi connectivity index (χ0) is 23.0. The van der Waals surface area contributed by atoms with Crippen molar-refractivity contribution in [3.05, 3.63) is 59.7 Å². The molecule has 3 N–H and O–H groups in total. The van der Waals surface area contributed by atoms with E-state index in [0.717, 1.165) is 56.1 Å². The summed E-state index contributed by atoms with van der Waals surface area (Å²) in [7, 11) is 0. The minimum absolute atomic E-state index is 0.192. The van der Waals surface area contributed by atoms with Crippen molar-refractivity contribution in [3.8, 4) is 5.75 Å². The first-order valence-corrected chi connectivity index (χ1v) is 11.0. The molecule has 2 aromatic rings. The first-order valence-electron chi connectivity index (χ1n) is 11.0. The summed E-state index contributed by atoms with van der Waals surface area (Å²) < 4.78 is 43.7. The monoisotopic (exact) mass is 448 g/mol. The van der Waals surface area contributed by atoms with Gasteiger partial charge in [0, 0.05) is 19.1 Å². The molecule has 1 fully saturated rings. The average molecular weight is 449 g/mol. The van der Waals surface area contributed by atoms with Gasteiger partial charge in [0.25, 0.3) is 0 Å². The van der Waals surface area contributed by atoms with Crippen molar-refractivity contribution < 1.29 is 17.9 Å². The van der Waals surface area contributed by atoms with Crippen LogP contribution in [0.15, 0.2) is 53.5 Å². The molecule has 32 heavy (non-hydrogen) atoms. The lowest BCUT2D eigenvalue weighted by molar-refractivity contribution is -0.137. The van der Waals surface area contributed by atoms with Gasteiger partial charge in [-0.2, -0.15) is 13.2 Å². The third-order valence-electron chi connectivity index (χ3n) is 5.50. The minimum Gasteiger partial charge on any atom is -0.489 e. The van der Waals surface area contributed by atoms with E-state index in [-0.39, 0.29) is 6.61 Å². The average Bonchev–Trinajstić information content (AvgIpc) is 2.78. The lowest BCUT2D eigenvalue weighted by atomic mass is 10.0. The molecular formula is C24H31F3N4O. The summed E-state index contributed by atoms with van der Waals surface area (Å²) >= 11 is 0. The highest BCUT2D eigenvalue weighted by molar-refractivity contribution is 5.83. The van der Waals surface area contributed by atoms with Crippen molar-refractivity contribution in [2.45, 2.75) is 51.4 Å². The zero-order valence-electron chi connectivity index (χ0n) is 18.4. The van der Waals surface area contributed by atoms with Gasteiger partial charge in [-0.05, 0) is 81.1 Å². The van der Waals surface area contributed by atoms with Crippen LogP contribution in [0.4, 0.5) is 18.9 Å². The number of ether oxygens (including phenoxy) is 1. The van der Waals surface area contributed by atoms with Gasteiger partial charge >= 0.3 is 6.18 Å².